The number of carbonyl (C=O) groups excluding carboxylic acids is 1. The van der Waals surface area contributed by atoms with Gasteiger partial charge in [-0.15, -0.1) is 0 Å². The van der Waals surface area contributed by atoms with Crippen LogP contribution in [0.5, 0.6) is 5.75 Å². The van der Waals surface area contributed by atoms with Crippen molar-refractivity contribution in [2.75, 3.05) is 6.61 Å². The molecule has 0 radical (unpaired) electrons. The van der Waals surface area contributed by atoms with Crippen molar-refractivity contribution in [1.29, 1.82) is 0 Å². The van der Waals surface area contributed by atoms with E-state index in [-0.39, 0.29) is 12.4 Å². The number of carbonyl (C=O) groups is 1. The average molecular weight is 394 g/mol. The highest BCUT2D eigenvalue weighted by atomic mass is 16.5. The van der Waals surface area contributed by atoms with E-state index in [1.165, 1.54) is 0 Å². The molecule has 2 aromatic carbocycles. The zero-order valence-electron chi connectivity index (χ0n) is 16.8. The molecule has 1 aliphatic rings. The minimum atomic E-state index is -0.517. The number of hydrogen-bond acceptors (Lipinski definition) is 5. The third kappa shape index (κ3) is 4.46. The molecule has 1 saturated carbocycles. The molecule has 1 fully saturated rings. The van der Waals surface area contributed by atoms with Crippen LogP contribution in [0.1, 0.15) is 48.3 Å². The summed E-state index contributed by atoms with van der Waals surface area (Å²) in [6.45, 7) is 4.53. The monoisotopic (exact) mass is 394 g/mol. The smallest absolute Gasteiger partial charge is 0.310 e. The van der Waals surface area contributed by atoms with Crippen molar-refractivity contribution in [3.8, 4) is 5.75 Å². The first-order valence-corrected chi connectivity index (χ1v) is 10.1. The molecule has 5 heteroatoms. The van der Waals surface area contributed by atoms with Crippen molar-refractivity contribution in [3.63, 3.8) is 0 Å². The lowest BCUT2D eigenvalue weighted by molar-refractivity contribution is -0.142. The van der Waals surface area contributed by atoms with Gasteiger partial charge < -0.3 is 19.0 Å². The minimum Gasteiger partial charge on any atom is -0.489 e. The third-order valence-electron chi connectivity index (χ3n) is 5.25. The molecule has 1 unspecified atom stereocenters. The number of rotatable bonds is 8. The Morgan fingerprint density at radius 2 is 2.03 bits per heavy atom. The lowest BCUT2D eigenvalue weighted by atomic mass is 10.1. The van der Waals surface area contributed by atoms with E-state index >= 15 is 0 Å². The lowest BCUT2D eigenvalue weighted by Crippen LogP contribution is -2.09. The van der Waals surface area contributed by atoms with E-state index in [4.69, 9.17) is 13.9 Å². The molecule has 1 aromatic heterocycles. The second-order valence-corrected chi connectivity index (χ2v) is 7.64. The maximum absolute atomic E-state index is 11.8. The fourth-order valence-corrected chi connectivity index (χ4v) is 3.62. The summed E-state index contributed by atoms with van der Waals surface area (Å²) in [5.74, 6) is 1.38. The van der Waals surface area contributed by atoms with E-state index < -0.39 is 6.10 Å². The Labute approximate surface area is 170 Å². The fourth-order valence-electron chi connectivity index (χ4n) is 3.62. The van der Waals surface area contributed by atoms with Gasteiger partial charge in [0.05, 0.1) is 13.0 Å². The number of para-hydroxylation sites is 1. The molecular weight excluding hydrogens is 368 g/mol. The predicted molar refractivity (Wildman–Crippen MR) is 110 cm³/mol. The van der Waals surface area contributed by atoms with E-state index in [0.29, 0.717) is 30.6 Å². The van der Waals surface area contributed by atoms with Crippen LogP contribution in [0.4, 0.5) is 0 Å². The third-order valence-corrected chi connectivity index (χ3v) is 5.25. The number of hydrogen-bond donors (Lipinski definition) is 1. The average Bonchev–Trinajstić information content (AvgIpc) is 3.46. The Balaban J connectivity index is 1.51. The molecule has 0 spiro atoms. The maximum atomic E-state index is 11.8. The van der Waals surface area contributed by atoms with Crippen LogP contribution >= 0.6 is 0 Å². The highest BCUT2D eigenvalue weighted by Crippen LogP contribution is 2.42. The number of aryl methyl sites for hydroxylation is 1. The van der Waals surface area contributed by atoms with Gasteiger partial charge in [0.1, 0.15) is 29.8 Å². The second-order valence-electron chi connectivity index (χ2n) is 7.64. The van der Waals surface area contributed by atoms with E-state index in [0.717, 1.165) is 40.5 Å². The van der Waals surface area contributed by atoms with E-state index in [2.05, 4.69) is 0 Å². The van der Waals surface area contributed by atoms with Crippen molar-refractivity contribution < 1.29 is 23.8 Å². The Kier molecular flexibility index (Phi) is 5.58. The van der Waals surface area contributed by atoms with Crippen LogP contribution in [0.2, 0.25) is 0 Å². The lowest BCUT2D eigenvalue weighted by Gasteiger charge is -2.12. The van der Waals surface area contributed by atoms with Crippen LogP contribution in [0.3, 0.4) is 0 Å². The van der Waals surface area contributed by atoms with E-state index in [1.54, 1.807) is 6.92 Å². The van der Waals surface area contributed by atoms with Gasteiger partial charge in [-0.3, -0.25) is 4.79 Å². The van der Waals surface area contributed by atoms with Crippen molar-refractivity contribution in [2.24, 2.45) is 5.92 Å². The topological polar surface area (TPSA) is 68.9 Å². The van der Waals surface area contributed by atoms with Gasteiger partial charge >= 0.3 is 5.97 Å². The van der Waals surface area contributed by atoms with Crippen LogP contribution < -0.4 is 4.74 Å². The molecule has 1 N–H and O–H groups in total. The number of fused-ring (bicyclic) bond motifs is 1. The standard InChI is InChI=1S/C24H26O5/c1-3-27-22(25)13-18-6-4-5-7-20(18)28-14-16-10-15(2)24-19(11-16)12-21(29-24)23(26)17-8-9-17/h4-7,10-12,17,23,26H,3,8-9,13-14H2,1-2H3. The predicted octanol–water partition coefficient (Wildman–Crippen LogP) is 4.87. The van der Waals surface area contributed by atoms with Crippen molar-refractivity contribution >= 4 is 16.9 Å². The molecule has 3 aromatic rings. The molecule has 5 nitrogen and oxygen atoms in total. The normalized spacial score (nSPS) is 14.7. The highest BCUT2D eigenvalue weighted by molar-refractivity contribution is 5.82. The molecule has 1 heterocycles. The summed E-state index contributed by atoms with van der Waals surface area (Å²) in [5, 5.41) is 11.3. The number of esters is 1. The van der Waals surface area contributed by atoms with E-state index in [1.807, 2.05) is 49.4 Å². The summed E-state index contributed by atoms with van der Waals surface area (Å²) >= 11 is 0. The Hall–Kier alpha value is -2.79. The van der Waals surface area contributed by atoms with Gasteiger partial charge in [-0.05, 0) is 68.0 Å². The van der Waals surface area contributed by atoms with Gasteiger partial charge in [0.25, 0.3) is 0 Å². The van der Waals surface area contributed by atoms with Crippen LogP contribution in [0.25, 0.3) is 11.0 Å². The van der Waals surface area contributed by atoms with Crippen LogP contribution in [0, 0.1) is 12.8 Å². The molecule has 0 saturated heterocycles. The minimum absolute atomic E-state index is 0.187. The summed E-state index contributed by atoms with van der Waals surface area (Å²) < 4.78 is 17.0. The molecule has 0 aliphatic heterocycles. The molecule has 29 heavy (non-hydrogen) atoms. The molecule has 0 bridgehead atoms. The van der Waals surface area contributed by atoms with Gasteiger partial charge in [-0.25, -0.2) is 0 Å². The first kappa shape index (κ1) is 19.5. The highest BCUT2D eigenvalue weighted by Gasteiger charge is 2.33. The summed E-state index contributed by atoms with van der Waals surface area (Å²) in [6.07, 6.45) is 1.78. The van der Waals surface area contributed by atoms with Crippen molar-refractivity contribution in [3.05, 3.63) is 64.9 Å². The van der Waals surface area contributed by atoms with Gasteiger partial charge in [0.15, 0.2) is 0 Å². The first-order chi connectivity index (χ1) is 14.0. The number of ether oxygens (including phenoxy) is 2. The van der Waals surface area contributed by atoms with Crippen molar-refractivity contribution in [2.45, 2.75) is 45.8 Å². The Morgan fingerprint density at radius 3 is 2.79 bits per heavy atom. The maximum Gasteiger partial charge on any atom is 0.310 e. The number of furan rings is 1. The fraction of sp³-hybridized carbons (Fsp3) is 0.375. The zero-order valence-corrected chi connectivity index (χ0v) is 16.8. The zero-order chi connectivity index (χ0) is 20.4. The van der Waals surface area contributed by atoms with Crippen molar-refractivity contribution in [1.82, 2.24) is 0 Å². The largest absolute Gasteiger partial charge is 0.489 e. The molecule has 152 valence electrons. The molecule has 1 atom stereocenters. The number of aliphatic hydroxyl groups excluding tert-OH is 1. The van der Waals surface area contributed by atoms with Gasteiger partial charge in [-0.1, -0.05) is 18.2 Å². The van der Waals surface area contributed by atoms with Crippen LogP contribution in [0.15, 0.2) is 46.9 Å². The molecular formula is C24H26O5. The quantitative estimate of drug-likeness (QED) is 0.552. The van der Waals surface area contributed by atoms with E-state index in [9.17, 15) is 9.90 Å². The molecule has 1 aliphatic carbocycles. The number of aliphatic hydroxyl groups is 1. The first-order valence-electron chi connectivity index (χ1n) is 10.1. The summed E-state index contributed by atoms with van der Waals surface area (Å²) in [4.78, 5) is 11.8. The Morgan fingerprint density at radius 1 is 1.24 bits per heavy atom. The second kappa shape index (κ2) is 8.29. The van der Waals surface area contributed by atoms with Gasteiger partial charge in [0.2, 0.25) is 0 Å². The summed E-state index contributed by atoms with van der Waals surface area (Å²) in [5.41, 5.74) is 3.64. The summed E-state index contributed by atoms with van der Waals surface area (Å²) in [7, 11) is 0. The number of benzene rings is 2. The molecule has 0 amide bonds. The van der Waals surface area contributed by atoms with Gasteiger partial charge in [-0.2, -0.15) is 0 Å². The SMILES string of the molecule is CCOC(=O)Cc1ccccc1OCc1cc(C)c2oc(C(O)C3CC3)cc2c1. The Bertz CT molecular complexity index is 1020. The van der Waals surface area contributed by atoms with Gasteiger partial charge in [0, 0.05) is 10.9 Å². The van der Waals surface area contributed by atoms with Crippen LogP contribution in [-0.4, -0.2) is 17.7 Å². The summed E-state index contributed by atoms with van der Waals surface area (Å²) in [6, 6.07) is 13.5. The molecule has 4 rings (SSSR count). The van der Waals surface area contributed by atoms with Crippen LogP contribution in [-0.2, 0) is 22.6 Å².